The predicted molar refractivity (Wildman–Crippen MR) is 111 cm³/mol. The van der Waals surface area contributed by atoms with E-state index in [2.05, 4.69) is 10.3 Å². The quantitative estimate of drug-likeness (QED) is 0.477. The third kappa shape index (κ3) is 4.10. The summed E-state index contributed by atoms with van der Waals surface area (Å²) in [5, 5.41) is 3.95. The molecule has 0 aliphatic rings. The smallest absolute Gasteiger partial charge is 0.264 e. The Morgan fingerprint density at radius 1 is 1.04 bits per heavy atom. The van der Waals surface area contributed by atoms with E-state index in [1.54, 1.807) is 6.07 Å². The number of carbonyl (C=O) groups excluding carboxylic acids is 1. The molecule has 0 spiro atoms. The van der Waals surface area contributed by atoms with Gasteiger partial charge in [-0.05, 0) is 29.8 Å². The number of nitrogens with zero attached hydrogens (tertiary/aromatic N) is 1. The van der Waals surface area contributed by atoms with Gasteiger partial charge in [0.2, 0.25) is 0 Å². The summed E-state index contributed by atoms with van der Waals surface area (Å²) in [6, 6.07) is 23.0. The molecule has 0 atom stereocenters. The van der Waals surface area contributed by atoms with Gasteiger partial charge in [0, 0.05) is 10.6 Å². The minimum absolute atomic E-state index is 0.0967. The first-order valence-electron chi connectivity index (χ1n) is 8.32. The summed E-state index contributed by atoms with van der Waals surface area (Å²) in [5.41, 5.74) is 2.78. The lowest BCUT2D eigenvalue weighted by atomic mass is 10.1. The van der Waals surface area contributed by atoms with Gasteiger partial charge in [-0.3, -0.25) is 10.1 Å². The van der Waals surface area contributed by atoms with Gasteiger partial charge in [-0.25, -0.2) is 4.98 Å². The van der Waals surface area contributed by atoms with E-state index in [0.29, 0.717) is 15.9 Å². The maximum Gasteiger partial charge on any atom is 0.264 e. The van der Waals surface area contributed by atoms with Crippen LogP contribution in [0.5, 0.6) is 5.75 Å². The van der Waals surface area contributed by atoms with E-state index in [1.807, 2.05) is 66.7 Å². The number of fused-ring (bicyclic) bond motifs is 1. The van der Waals surface area contributed by atoms with Gasteiger partial charge in [0.05, 0.1) is 10.2 Å². The number of nitrogens with one attached hydrogen (secondary N) is 1. The highest BCUT2D eigenvalue weighted by Gasteiger charge is 2.11. The monoisotopic (exact) mass is 394 g/mol. The zero-order valence-electron chi connectivity index (χ0n) is 14.2. The standard InChI is InChI=1S/C21H15ClN2O2S/c22-15-10-11-17-19(12-15)27-21(23-17)24-20(25)13-26-18-9-5-4-8-16(18)14-6-2-1-3-7-14/h1-12H,13H2,(H,23,24,25). The third-order valence-electron chi connectivity index (χ3n) is 3.93. The van der Waals surface area contributed by atoms with Crippen LogP contribution in [0.15, 0.2) is 72.8 Å². The van der Waals surface area contributed by atoms with Crippen molar-refractivity contribution in [3.8, 4) is 16.9 Å². The molecule has 1 heterocycles. The SMILES string of the molecule is O=C(COc1ccccc1-c1ccccc1)Nc1nc2ccc(Cl)cc2s1. The fraction of sp³-hybridized carbons (Fsp3) is 0.0476. The van der Waals surface area contributed by atoms with Crippen molar-refractivity contribution in [2.75, 3.05) is 11.9 Å². The van der Waals surface area contributed by atoms with Gasteiger partial charge in [-0.15, -0.1) is 0 Å². The number of ether oxygens (including phenoxy) is 1. The molecule has 0 aliphatic heterocycles. The summed E-state index contributed by atoms with van der Waals surface area (Å²) >= 11 is 7.37. The van der Waals surface area contributed by atoms with E-state index >= 15 is 0 Å². The molecule has 4 nitrogen and oxygen atoms in total. The van der Waals surface area contributed by atoms with E-state index in [0.717, 1.165) is 21.3 Å². The van der Waals surface area contributed by atoms with Gasteiger partial charge < -0.3 is 4.74 Å². The van der Waals surface area contributed by atoms with Crippen LogP contribution in [-0.2, 0) is 4.79 Å². The number of hydrogen-bond donors (Lipinski definition) is 1. The predicted octanol–water partition coefficient (Wildman–Crippen LogP) is 5.63. The lowest BCUT2D eigenvalue weighted by molar-refractivity contribution is -0.118. The number of hydrogen-bond acceptors (Lipinski definition) is 4. The van der Waals surface area contributed by atoms with Crippen LogP contribution in [-0.4, -0.2) is 17.5 Å². The molecule has 0 saturated heterocycles. The minimum Gasteiger partial charge on any atom is -0.483 e. The minimum atomic E-state index is -0.261. The first-order valence-corrected chi connectivity index (χ1v) is 9.52. The Labute approximate surface area is 165 Å². The van der Waals surface area contributed by atoms with Crippen molar-refractivity contribution in [3.63, 3.8) is 0 Å². The van der Waals surface area contributed by atoms with Crippen LogP contribution in [0.4, 0.5) is 5.13 Å². The molecule has 6 heteroatoms. The van der Waals surface area contributed by atoms with E-state index in [4.69, 9.17) is 16.3 Å². The van der Waals surface area contributed by atoms with Crippen LogP contribution >= 0.6 is 22.9 Å². The largest absolute Gasteiger partial charge is 0.483 e. The lowest BCUT2D eigenvalue weighted by Gasteiger charge is -2.11. The Morgan fingerprint density at radius 3 is 2.67 bits per heavy atom. The molecule has 134 valence electrons. The fourth-order valence-electron chi connectivity index (χ4n) is 2.70. The number of carbonyl (C=O) groups is 1. The molecule has 0 saturated carbocycles. The molecule has 1 N–H and O–H groups in total. The second-order valence-electron chi connectivity index (χ2n) is 5.83. The normalized spacial score (nSPS) is 10.7. The fourth-order valence-corrected chi connectivity index (χ4v) is 3.86. The molecule has 0 fully saturated rings. The van der Waals surface area contributed by atoms with Crippen molar-refractivity contribution >= 4 is 44.2 Å². The van der Waals surface area contributed by atoms with Crippen LogP contribution in [0, 0.1) is 0 Å². The molecule has 4 rings (SSSR count). The summed E-state index contributed by atoms with van der Waals surface area (Å²) in [5.74, 6) is 0.401. The molecule has 1 aromatic heterocycles. The average Bonchev–Trinajstić information content (AvgIpc) is 3.08. The second-order valence-corrected chi connectivity index (χ2v) is 7.30. The van der Waals surface area contributed by atoms with Crippen molar-refractivity contribution < 1.29 is 9.53 Å². The molecule has 0 radical (unpaired) electrons. The van der Waals surface area contributed by atoms with Crippen molar-refractivity contribution in [3.05, 3.63) is 77.8 Å². The van der Waals surface area contributed by atoms with E-state index in [-0.39, 0.29) is 12.5 Å². The molecular weight excluding hydrogens is 380 g/mol. The Balaban J connectivity index is 1.45. The maximum atomic E-state index is 12.3. The highest BCUT2D eigenvalue weighted by Crippen LogP contribution is 2.30. The van der Waals surface area contributed by atoms with Crippen LogP contribution in [0.3, 0.4) is 0 Å². The highest BCUT2D eigenvalue weighted by molar-refractivity contribution is 7.22. The van der Waals surface area contributed by atoms with Gasteiger partial charge in [0.1, 0.15) is 5.75 Å². The van der Waals surface area contributed by atoms with Crippen molar-refractivity contribution in [1.82, 2.24) is 4.98 Å². The molecule has 0 aliphatic carbocycles. The molecule has 3 aromatic carbocycles. The molecule has 0 bridgehead atoms. The topological polar surface area (TPSA) is 51.2 Å². The average molecular weight is 395 g/mol. The van der Waals surface area contributed by atoms with Gasteiger partial charge in [0.15, 0.2) is 11.7 Å². The van der Waals surface area contributed by atoms with Crippen LogP contribution in [0.25, 0.3) is 21.3 Å². The zero-order chi connectivity index (χ0) is 18.6. The first-order chi connectivity index (χ1) is 13.2. The number of amides is 1. The Kier molecular flexibility index (Phi) is 5.05. The molecule has 4 aromatic rings. The van der Waals surface area contributed by atoms with Crippen LogP contribution in [0.1, 0.15) is 0 Å². The van der Waals surface area contributed by atoms with E-state index < -0.39 is 0 Å². The summed E-state index contributed by atoms with van der Waals surface area (Å²) in [4.78, 5) is 16.7. The Hall–Kier alpha value is -2.89. The number of thiazole rings is 1. The summed E-state index contributed by atoms with van der Waals surface area (Å²) < 4.78 is 6.69. The van der Waals surface area contributed by atoms with Crippen molar-refractivity contribution in [1.29, 1.82) is 0 Å². The second kappa shape index (κ2) is 7.78. The Morgan fingerprint density at radius 2 is 1.81 bits per heavy atom. The van der Waals surface area contributed by atoms with Gasteiger partial charge in [0.25, 0.3) is 5.91 Å². The van der Waals surface area contributed by atoms with E-state index in [9.17, 15) is 4.79 Å². The zero-order valence-corrected chi connectivity index (χ0v) is 15.8. The molecule has 1 amide bonds. The van der Waals surface area contributed by atoms with Crippen molar-refractivity contribution in [2.45, 2.75) is 0 Å². The number of anilines is 1. The molecular formula is C21H15ClN2O2S. The summed E-state index contributed by atoms with van der Waals surface area (Å²) in [6.45, 7) is -0.0967. The number of rotatable bonds is 5. The number of halogens is 1. The van der Waals surface area contributed by atoms with Crippen LogP contribution < -0.4 is 10.1 Å². The maximum absolute atomic E-state index is 12.3. The molecule has 0 unspecified atom stereocenters. The van der Waals surface area contributed by atoms with Gasteiger partial charge >= 0.3 is 0 Å². The highest BCUT2D eigenvalue weighted by atomic mass is 35.5. The van der Waals surface area contributed by atoms with Gasteiger partial charge in [-0.1, -0.05) is 71.5 Å². The third-order valence-corrected chi connectivity index (χ3v) is 5.10. The molecule has 27 heavy (non-hydrogen) atoms. The number of para-hydroxylation sites is 1. The summed E-state index contributed by atoms with van der Waals surface area (Å²) in [6.07, 6.45) is 0. The summed E-state index contributed by atoms with van der Waals surface area (Å²) in [7, 11) is 0. The Bertz CT molecular complexity index is 1100. The van der Waals surface area contributed by atoms with Gasteiger partial charge in [-0.2, -0.15) is 0 Å². The number of aromatic nitrogens is 1. The first kappa shape index (κ1) is 17.5. The van der Waals surface area contributed by atoms with E-state index in [1.165, 1.54) is 11.3 Å². The number of benzene rings is 3. The van der Waals surface area contributed by atoms with Crippen molar-refractivity contribution in [2.24, 2.45) is 0 Å². The lowest BCUT2D eigenvalue weighted by Crippen LogP contribution is -2.20. The van der Waals surface area contributed by atoms with Crippen LogP contribution in [0.2, 0.25) is 5.02 Å².